The smallest absolute Gasteiger partial charge is 0.253 e. The van der Waals surface area contributed by atoms with E-state index in [2.05, 4.69) is 25.2 Å². The summed E-state index contributed by atoms with van der Waals surface area (Å²) in [4.78, 5) is 13.6. The van der Waals surface area contributed by atoms with E-state index in [0.717, 1.165) is 11.3 Å². The van der Waals surface area contributed by atoms with Crippen LogP contribution in [0.25, 0.3) is 0 Å². The minimum absolute atomic E-state index is 0.0524. The van der Waals surface area contributed by atoms with Crippen molar-refractivity contribution in [3.63, 3.8) is 0 Å². The Morgan fingerprint density at radius 3 is 2.70 bits per heavy atom. The molecule has 0 radical (unpaired) electrons. The van der Waals surface area contributed by atoms with E-state index in [-0.39, 0.29) is 5.91 Å². The lowest BCUT2D eigenvalue weighted by Crippen LogP contribution is -2.38. The number of carbonyl (C=O) groups excluding carboxylic acids is 1. The Balaban J connectivity index is 2.13. The molecule has 1 aliphatic rings. The molecular weight excluding hydrogens is 248 g/mol. The van der Waals surface area contributed by atoms with Crippen molar-refractivity contribution in [2.24, 2.45) is 5.41 Å². The molecule has 1 N–H and O–H groups in total. The lowest BCUT2D eigenvalue weighted by atomic mass is 9.73. The maximum absolute atomic E-state index is 12.0. The molecule has 2 rings (SSSR count). The second kappa shape index (κ2) is 5.86. The lowest BCUT2D eigenvalue weighted by Gasteiger charge is -2.39. The number of anilines is 1. The van der Waals surface area contributed by atoms with Gasteiger partial charge in [0.1, 0.15) is 0 Å². The first-order chi connectivity index (χ1) is 9.40. The van der Waals surface area contributed by atoms with Crippen molar-refractivity contribution in [3.8, 4) is 0 Å². The Labute approximate surface area is 122 Å². The summed E-state index contributed by atoms with van der Waals surface area (Å²) in [7, 11) is 3.57. The number of hydrogen-bond acceptors (Lipinski definition) is 2. The summed E-state index contributed by atoms with van der Waals surface area (Å²) in [6.45, 7) is 4.66. The molecule has 1 fully saturated rings. The number of amides is 1. The molecule has 0 aliphatic heterocycles. The molecule has 110 valence electrons. The number of nitrogens with zero attached hydrogens (tertiary/aromatic N) is 1. The van der Waals surface area contributed by atoms with Gasteiger partial charge in [-0.25, -0.2) is 0 Å². The highest BCUT2D eigenvalue weighted by molar-refractivity contribution is 5.94. The molecular formula is C17H26N2O. The number of rotatable bonds is 3. The molecule has 1 unspecified atom stereocenters. The highest BCUT2D eigenvalue weighted by atomic mass is 16.2. The maximum Gasteiger partial charge on any atom is 0.253 e. The van der Waals surface area contributed by atoms with Crippen molar-refractivity contribution in [3.05, 3.63) is 29.8 Å². The van der Waals surface area contributed by atoms with Gasteiger partial charge in [0.2, 0.25) is 0 Å². The summed E-state index contributed by atoms with van der Waals surface area (Å²) < 4.78 is 0. The van der Waals surface area contributed by atoms with Crippen LogP contribution in [-0.4, -0.2) is 30.9 Å². The third-order valence-electron chi connectivity index (χ3n) is 4.36. The van der Waals surface area contributed by atoms with Gasteiger partial charge in [0.05, 0.1) is 0 Å². The van der Waals surface area contributed by atoms with Gasteiger partial charge in [-0.05, 0) is 36.5 Å². The molecule has 0 heterocycles. The van der Waals surface area contributed by atoms with Crippen molar-refractivity contribution in [2.45, 2.75) is 45.6 Å². The van der Waals surface area contributed by atoms with Crippen LogP contribution >= 0.6 is 0 Å². The van der Waals surface area contributed by atoms with Gasteiger partial charge in [-0.2, -0.15) is 0 Å². The van der Waals surface area contributed by atoms with Crippen LogP contribution < -0.4 is 5.32 Å². The molecule has 3 nitrogen and oxygen atoms in total. The van der Waals surface area contributed by atoms with Gasteiger partial charge in [-0.3, -0.25) is 4.79 Å². The van der Waals surface area contributed by atoms with Crippen molar-refractivity contribution in [1.82, 2.24) is 4.90 Å². The normalized spacial score (nSPS) is 21.3. The van der Waals surface area contributed by atoms with E-state index in [1.165, 1.54) is 25.7 Å². The molecule has 1 aliphatic carbocycles. The first-order valence-electron chi connectivity index (χ1n) is 7.48. The van der Waals surface area contributed by atoms with E-state index in [1.807, 2.05) is 18.2 Å². The summed E-state index contributed by atoms with van der Waals surface area (Å²) in [6.07, 6.45) is 5.08. The van der Waals surface area contributed by atoms with Crippen LogP contribution in [-0.2, 0) is 0 Å². The zero-order chi connectivity index (χ0) is 14.8. The lowest BCUT2D eigenvalue weighted by molar-refractivity contribution is 0.0827. The van der Waals surface area contributed by atoms with E-state index in [4.69, 9.17) is 0 Å². The number of carbonyl (C=O) groups is 1. The van der Waals surface area contributed by atoms with Crippen LogP contribution in [0.1, 0.15) is 49.9 Å². The number of hydrogen-bond donors (Lipinski definition) is 1. The minimum atomic E-state index is 0.0524. The average molecular weight is 274 g/mol. The fourth-order valence-electron chi connectivity index (χ4n) is 2.96. The van der Waals surface area contributed by atoms with E-state index in [0.29, 0.717) is 11.5 Å². The van der Waals surface area contributed by atoms with Crippen LogP contribution in [0.5, 0.6) is 0 Å². The Morgan fingerprint density at radius 2 is 2.05 bits per heavy atom. The Bertz CT molecular complexity index is 480. The van der Waals surface area contributed by atoms with Crippen LogP contribution in [0.3, 0.4) is 0 Å². The minimum Gasteiger partial charge on any atom is -0.382 e. The molecule has 1 saturated carbocycles. The molecule has 0 bridgehead atoms. The topological polar surface area (TPSA) is 32.3 Å². The van der Waals surface area contributed by atoms with E-state index in [1.54, 1.807) is 19.0 Å². The average Bonchev–Trinajstić information content (AvgIpc) is 2.40. The van der Waals surface area contributed by atoms with Gasteiger partial charge in [0, 0.05) is 31.4 Å². The van der Waals surface area contributed by atoms with Gasteiger partial charge in [-0.15, -0.1) is 0 Å². The molecule has 3 heteroatoms. The van der Waals surface area contributed by atoms with Gasteiger partial charge in [0.25, 0.3) is 5.91 Å². The predicted octanol–water partition coefficient (Wildman–Crippen LogP) is 3.77. The van der Waals surface area contributed by atoms with E-state index >= 15 is 0 Å². The third kappa shape index (κ3) is 3.33. The van der Waals surface area contributed by atoms with Crippen molar-refractivity contribution in [1.29, 1.82) is 0 Å². The van der Waals surface area contributed by atoms with E-state index in [9.17, 15) is 4.79 Å². The molecule has 1 aromatic carbocycles. The summed E-state index contributed by atoms with van der Waals surface area (Å²) in [5, 5.41) is 3.63. The van der Waals surface area contributed by atoms with E-state index < -0.39 is 0 Å². The predicted molar refractivity (Wildman–Crippen MR) is 84.1 cm³/mol. The zero-order valence-electron chi connectivity index (χ0n) is 13.1. The standard InChI is InChI=1S/C17H26N2O/c1-17(2)11-6-5-10-15(17)18-14-9-7-8-13(12-14)16(20)19(3)4/h7-9,12,15,18H,5-6,10-11H2,1-4H3. The van der Waals surface area contributed by atoms with Crippen LogP contribution in [0.15, 0.2) is 24.3 Å². The molecule has 0 aromatic heterocycles. The van der Waals surface area contributed by atoms with Crippen molar-refractivity contribution >= 4 is 11.6 Å². The molecule has 0 saturated heterocycles. The molecule has 20 heavy (non-hydrogen) atoms. The van der Waals surface area contributed by atoms with Crippen molar-refractivity contribution < 1.29 is 4.79 Å². The molecule has 1 atom stereocenters. The van der Waals surface area contributed by atoms with Gasteiger partial charge in [0.15, 0.2) is 0 Å². The second-order valence-electron chi connectivity index (χ2n) is 6.71. The highest BCUT2D eigenvalue weighted by Gasteiger charge is 2.32. The van der Waals surface area contributed by atoms with Crippen LogP contribution in [0, 0.1) is 5.41 Å². The fourth-order valence-corrected chi connectivity index (χ4v) is 2.96. The highest BCUT2D eigenvalue weighted by Crippen LogP contribution is 2.37. The first-order valence-corrected chi connectivity index (χ1v) is 7.48. The maximum atomic E-state index is 12.0. The second-order valence-corrected chi connectivity index (χ2v) is 6.71. The monoisotopic (exact) mass is 274 g/mol. The zero-order valence-corrected chi connectivity index (χ0v) is 13.1. The Hall–Kier alpha value is -1.51. The molecule has 1 amide bonds. The van der Waals surface area contributed by atoms with Crippen LogP contribution in [0.4, 0.5) is 5.69 Å². The summed E-state index contributed by atoms with van der Waals surface area (Å²) >= 11 is 0. The summed E-state index contributed by atoms with van der Waals surface area (Å²) in [5.74, 6) is 0.0524. The fraction of sp³-hybridized carbons (Fsp3) is 0.588. The largest absolute Gasteiger partial charge is 0.382 e. The SMILES string of the molecule is CN(C)C(=O)c1cccc(NC2CCCCC2(C)C)c1. The summed E-state index contributed by atoms with van der Waals surface area (Å²) in [5.41, 5.74) is 2.12. The number of nitrogens with one attached hydrogen (secondary N) is 1. The third-order valence-corrected chi connectivity index (χ3v) is 4.36. The quantitative estimate of drug-likeness (QED) is 0.910. The molecule has 1 aromatic rings. The van der Waals surface area contributed by atoms with Gasteiger partial charge >= 0.3 is 0 Å². The first kappa shape index (κ1) is 14.9. The van der Waals surface area contributed by atoms with Gasteiger partial charge in [-0.1, -0.05) is 32.8 Å². The summed E-state index contributed by atoms with van der Waals surface area (Å²) in [6, 6.07) is 8.33. The van der Waals surface area contributed by atoms with Crippen molar-refractivity contribution in [2.75, 3.05) is 19.4 Å². The van der Waals surface area contributed by atoms with Crippen LogP contribution in [0.2, 0.25) is 0 Å². The number of benzene rings is 1. The molecule has 0 spiro atoms. The van der Waals surface area contributed by atoms with Gasteiger partial charge < -0.3 is 10.2 Å². The Kier molecular flexibility index (Phi) is 4.36. The Morgan fingerprint density at radius 1 is 1.30 bits per heavy atom.